The molecule has 2 rings (SSSR count). The molecule has 0 fully saturated rings. The van der Waals surface area contributed by atoms with Crippen molar-refractivity contribution in [1.29, 1.82) is 0 Å². The van der Waals surface area contributed by atoms with Crippen LogP contribution in [0.15, 0.2) is 60.0 Å². The highest BCUT2D eigenvalue weighted by Crippen LogP contribution is 2.05. The van der Waals surface area contributed by atoms with E-state index in [0.717, 1.165) is 11.3 Å². The Bertz CT molecular complexity index is 524. The van der Waals surface area contributed by atoms with Crippen molar-refractivity contribution in [3.63, 3.8) is 0 Å². The first kappa shape index (κ1) is 15.4. The van der Waals surface area contributed by atoms with Crippen LogP contribution in [0.5, 0.6) is 0 Å². The van der Waals surface area contributed by atoms with E-state index in [2.05, 4.69) is 40.9 Å². The number of oxime groups is 1. The van der Waals surface area contributed by atoms with E-state index >= 15 is 0 Å². The van der Waals surface area contributed by atoms with Gasteiger partial charge in [0.05, 0.1) is 0 Å². The van der Waals surface area contributed by atoms with Crippen LogP contribution in [0.2, 0.25) is 0 Å². The predicted octanol–water partition coefficient (Wildman–Crippen LogP) is -0.663. The molecule has 0 spiro atoms. The minimum Gasteiger partial charge on any atom is -1.00 e. The Kier molecular flexibility index (Phi) is 6.22. The zero-order valence-corrected chi connectivity index (χ0v) is 12.7. The average Bonchev–Trinajstić information content (AvgIpc) is 2.40. The number of nitrogens with zero attached hydrogens (tertiary/aromatic N) is 2. The highest BCUT2D eigenvalue weighted by Gasteiger charge is 2.10. The van der Waals surface area contributed by atoms with Crippen molar-refractivity contribution < 1.29 is 26.4 Å². The lowest BCUT2D eigenvalue weighted by Gasteiger charge is -2.03. The molecule has 1 aromatic heterocycles. The van der Waals surface area contributed by atoms with Crippen molar-refractivity contribution in [2.75, 3.05) is 7.11 Å². The fourth-order valence-electron chi connectivity index (χ4n) is 1.74. The fraction of sp³-hybridized carbons (Fsp3) is 0.200. The van der Waals surface area contributed by atoms with Gasteiger partial charge in [0.2, 0.25) is 0 Å². The summed E-state index contributed by atoms with van der Waals surface area (Å²) in [5.41, 5.74) is 3.23. The van der Waals surface area contributed by atoms with Crippen LogP contribution in [0, 0.1) is 6.92 Å². The highest BCUT2D eigenvalue weighted by atomic mass is 79.9. The molecule has 0 bridgehead atoms. The Balaban J connectivity index is 0.00000180. The van der Waals surface area contributed by atoms with Crippen LogP contribution in [0.1, 0.15) is 11.1 Å². The molecular formula is C15H17BrN2O. The summed E-state index contributed by atoms with van der Waals surface area (Å²) in [4.78, 5) is 4.94. The molecule has 0 N–H and O–H groups in total. The number of pyridine rings is 1. The van der Waals surface area contributed by atoms with Gasteiger partial charge in [-0.1, -0.05) is 41.1 Å². The lowest BCUT2D eigenvalue weighted by atomic mass is 10.1. The van der Waals surface area contributed by atoms with Crippen molar-refractivity contribution in [3.05, 3.63) is 66.0 Å². The second-order valence-corrected chi connectivity index (χ2v) is 4.13. The summed E-state index contributed by atoms with van der Waals surface area (Å²) in [6.45, 7) is 2.76. The first-order valence-electron chi connectivity index (χ1n) is 5.91. The van der Waals surface area contributed by atoms with Gasteiger partial charge >= 0.3 is 0 Å². The summed E-state index contributed by atoms with van der Waals surface area (Å²) in [7, 11) is 1.57. The van der Waals surface area contributed by atoms with Gasteiger partial charge in [0.1, 0.15) is 7.11 Å². The van der Waals surface area contributed by atoms with Crippen molar-refractivity contribution in [1.82, 2.24) is 0 Å². The van der Waals surface area contributed by atoms with Crippen LogP contribution in [0.3, 0.4) is 0 Å². The number of benzene rings is 1. The van der Waals surface area contributed by atoms with Gasteiger partial charge in [-0.2, -0.15) is 4.57 Å². The molecule has 2 aromatic rings. The van der Waals surface area contributed by atoms with Crippen LogP contribution in [-0.2, 0) is 11.4 Å². The molecule has 0 aliphatic rings. The van der Waals surface area contributed by atoms with Gasteiger partial charge < -0.3 is 21.8 Å². The van der Waals surface area contributed by atoms with Crippen molar-refractivity contribution in [2.45, 2.75) is 13.5 Å². The number of aryl methyl sites for hydroxylation is 1. The SMILES string of the molecule is CON=C(C[n+]1ccccc1)c1ccc(C)cc1.[Br-]. The van der Waals surface area contributed by atoms with E-state index in [1.54, 1.807) is 7.11 Å². The molecule has 19 heavy (non-hydrogen) atoms. The van der Waals surface area contributed by atoms with Gasteiger partial charge in [-0.15, -0.1) is 0 Å². The molecule has 0 unspecified atom stereocenters. The molecule has 0 amide bonds. The third-order valence-corrected chi connectivity index (χ3v) is 2.70. The van der Waals surface area contributed by atoms with Gasteiger partial charge in [0.25, 0.3) is 0 Å². The second-order valence-electron chi connectivity index (χ2n) is 4.13. The fourth-order valence-corrected chi connectivity index (χ4v) is 1.74. The molecule has 1 aromatic carbocycles. The first-order chi connectivity index (χ1) is 8.79. The lowest BCUT2D eigenvalue weighted by molar-refractivity contribution is -0.681. The van der Waals surface area contributed by atoms with Crippen molar-refractivity contribution in [2.24, 2.45) is 5.16 Å². The summed E-state index contributed by atoms with van der Waals surface area (Å²) >= 11 is 0. The van der Waals surface area contributed by atoms with Crippen molar-refractivity contribution >= 4 is 5.71 Å². The normalized spacial score (nSPS) is 10.7. The minimum atomic E-state index is 0. The van der Waals surface area contributed by atoms with E-state index in [-0.39, 0.29) is 17.0 Å². The largest absolute Gasteiger partial charge is 1.00 e. The zero-order chi connectivity index (χ0) is 12.8. The number of rotatable bonds is 4. The van der Waals surface area contributed by atoms with Crippen LogP contribution >= 0.6 is 0 Å². The Labute approximate surface area is 124 Å². The van der Waals surface area contributed by atoms with Gasteiger partial charge in [0, 0.05) is 17.7 Å². The smallest absolute Gasteiger partial charge is 0.194 e. The quantitative estimate of drug-likeness (QED) is 0.417. The maximum absolute atomic E-state index is 4.94. The van der Waals surface area contributed by atoms with Gasteiger partial charge in [-0.25, -0.2) is 0 Å². The molecule has 1 heterocycles. The Morgan fingerprint density at radius 2 is 1.74 bits per heavy atom. The number of halogens is 1. The number of hydrogen-bond acceptors (Lipinski definition) is 2. The number of hydrogen-bond donors (Lipinski definition) is 0. The predicted molar refractivity (Wildman–Crippen MR) is 71.4 cm³/mol. The van der Waals surface area contributed by atoms with Gasteiger partial charge in [0.15, 0.2) is 24.7 Å². The number of aromatic nitrogens is 1. The van der Waals surface area contributed by atoms with E-state index in [9.17, 15) is 0 Å². The standard InChI is InChI=1S/C15H17N2O.BrH/c1-13-6-8-14(9-7-13)15(16-18-2)12-17-10-4-3-5-11-17;/h3-11H,12H2,1-2H3;1H/q+1;/p-1. The molecule has 3 nitrogen and oxygen atoms in total. The van der Waals surface area contributed by atoms with Crippen LogP contribution in [0.25, 0.3) is 0 Å². The van der Waals surface area contributed by atoms with Crippen molar-refractivity contribution in [3.8, 4) is 0 Å². The minimum absolute atomic E-state index is 0. The molecule has 0 saturated heterocycles. The average molecular weight is 321 g/mol. The summed E-state index contributed by atoms with van der Waals surface area (Å²) in [5.74, 6) is 0. The first-order valence-corrected chi connectivity index (χ1v) is 5.91. The summed E-state index contributed by atoms with van der Waals surface area (Å²) in [6.07, 6.45) is 4.03. The maximum Gasteiger partial charge on any atom is 0.194 e. The molecule has 4 heteroatoms. The van der Waals surface area contributed by atoms with Gasteiger partial charge in [-0.05, 0) is 6.92 Å². The third kappa shape index (κ3) is 4.48. The summed E-state index contributed by atoms with van der Waals surface area (Å²) < 4.78 is 2.07. The lowest BCUT2D eigenvalue weighted by Crippen LogP contribution is -3.00. The molecule has 100 valence electrons. The van der Waals surface area contributed by atoms with E-state index < -0.39 is 0 Å². The van der Waals surface area contributed by atoms with E-state index in [4.69, 9.17) is 4.84 Å². The van der Waals surface area contributed by atoms with E-state index in [1.165, 1.54) is 5.56 Å². The van der Waals surface area contributed by atoms with E-state index in [0.29, 0.717) is 6.54 Å². The topological polar surface area (TPSA) is 25.5 Å². The molecule has 0 radical (unpaired) electrons. The third-order valence-electron chi connectivity index (χ3n) is 2.70. The van der Waals surface area contributed by atoms with Crippen LogP contribution in [-0.4, -0.2) is 12.8 Å². The summed E-state index contributed by atoms with van der Waals surface area (Å²) in [6, 6.07) is 14.3. The molecule has 0 saturated carbocycles. The zero-order valence-electron chi connectivity index (χ0n) is 11.1. The molecule has 0 aliphatic heterocycles. The van der Waals surface area contributed by atoms with Crippen LogP contribution in [0.4, 0.5) is 0 Å². The summed E-state index contributed by atoms with van der Waals surface area (Å²) in [5, 5.41) is 4.12. The Morgan fingerprint density at radius 3 is 2.32 bits per heavy atom. The second kappa shape index (κ2) is 7.69. The Morgan fingerprint density at radius 1 is 1.11 bits per heavy atom. The van der Waals surface area contributed by atoms with E-state index in [1.807, 2.05) is 30.6 Å². The Hall–Kier alpha value is -1.68. The van der Waals surface area contributed by atoms with Crippen LogP contribution < -0.4 is 21.5 Å². The highest BCUT2D eigenvalue weighted by molar-refractivity contribution is 5.99. The maximum atomic E-state index is 4.94. The molecular weight excluding hydrogens is 304 g/mol. The van der Waals surface area contributed by atoms with Gasteiger partial charge in [-0.3, -0.25) is 0 Å². The molecule has 0 atom stereocenters. The monoisotopic (exact) mass is 320 g/mol. The molecule has 0 aliphatic carbocycles.